The first-order chi connectivity index (χ1) is 12.0. The second-order valence-corrected chi connectivity index (χ2v) is 8.06. The molecule has 25 heavy (non-hydrogen) atoms. The first kappa shape index (κ1) is 18.4. The molecule has 0 fully saturated rings. The Balaban J connectivity index is 2.11. The number of halogens is 3. The summed E-state index contributed by atoms with van der Waals surface area (Å²) in [4.78, 5) is 5.00. The first-order valence-electron chi connectivity index (χ1n) is 7.11. The van der Waals surface area contributed by atoms with Crippen LogP contribution in [0.4, 0.5) is 0 Å². The van der Waals surface area contributed by atoms with E-state index in [0.29, 0.717) is 15.1 Å². The van der Waals surface area contributed by atoms with Gasteiger partial charge in [-0.05, 0) is 40.2 Å². The van der Waals surface area contributed by atoms with Crippen molar-refractivity contribution in [3.63, 3.8) is 0 Å². The van der Waals surface area contributed by atoms with Gasteiger partial charge in [0.05, 0.1) is 16.4 Å². The molecular weight excluding hydrogens is 490 g/mol. The van der Waals surface area contributed by atoms with Crippen molar-refractivity contribution in [2.24, 2.45) is 10.1 Å². The molecule has 3 aromatic rings. The minimum Gasteiger partial charge on any atom is -0.506 e. The maximum atomic E-state index is 10.2. The van der Waals surface area contributed by atoms with Gasteiger partial charge in [-0.1, -0.05) is 39.7 Å². The lowest BCUT2D eigenvalue weighted by Gasteiger charge is -2.05. The maximum Gasteiger partial charge on any atom is 0.205 e. The van der Waals surface area contributed by atoms with E-state index in [1.54, 1.807) is 30.1 Å². The fourth-order valence-electron chi connectivity index (χ4n) is 2.21. The van der Waals surface area contributed by atoms with Crippen molar-refractivity contribution in [2.75, 3.05) is 7.05 Å². The van der Waals surface area contributed by atoms with Crippen LogP contribution in [0.25, 0.3) is 11.3 Å². The molecule has 128 valence electrons. The summed E-state index contributed by atoms with van der Waals surface area (Å²) in [5, 5.41) is 17.3. The SMILES string of the molecule is CN=c1scc(-c2cccc(Cl)c2)n1N=Cc1cc(Br)cc(Br)c1O. The summed E-state index contributed by atoms with van der Waals surface area (Å²) in [6, 6.07) is 11.1. The van der Waals surface area contributed by atoms with Crippen molar-refractivity contribution in [3.05, 3.63) is 66.1 Å². The molecule has 0 unspecified atom stereocenters. The van der Waals surface area contributed by atoms with E-state index in [2.05, 4.69) is 42.0 Å². The molecule has 0 amide bonds. The predicted molar refractivity (Wildman–Crippen MR) is 111 cm³/mol. The monoisotopic (exact) mass is 499 g/mol. The summed E-state index contributed by atoms with van der Waals surface area (Å²) in [7, 11) is 1.72. The fourth-order valence-corrected chi connectivity index (χ4v) is 4.47. The number of aromatic hydroxyl groups is 1. The van der Waals surface area contributed by atoms with E-state index in [0.717, 1.165) is 20.5 Å². The van der Waals surface area contributed by atoms with Crippen molar-refractivity contribution in [2.45, 2.75) is 0 Å². The van der Waals surface area contributed by atoms with Gasteiger partial charge in [-0.2, -0.15) is 5.10 Å². The number of thiazole rings is 1. The number of phenols is 1. The molecule has 0 aliphatic carbocycles. The zero-order valence-corrected chi connectivity index (χ0v) is 17.7. The Kier molecular flexibility index (Phi) is 5.78. The van der Waals surface area contributed by atoms with Gasteiger partial charge in [-0.25, -0.2) is 4.68 Å². The molecule has 2 aromatic carbocycles. The molecule has 0 aliphatic rings. The first-order valence-corrected chi connectivity index (χ1v) is 9.95. The van der Waals surface area contributed by atoms with Gasteiger partial charge in [0, 0.05) is 33.0 Å². The zero-order chi connectivity index (χ0) is 18.0. The number of benzene rings is 2. The molecular formula is C17H12Br2ClN3OS. The minimum atomic E-state index is 0.127. The molecule has 3 rings (SSSR count). The van der Waals surface area contributed by atoms with Crippen LogP contribution in [0, 0.1) is 0 Å². The minimum absolute atomic E-state index is 0.127. The lowest BCUT2D eigenvalue weighted by atomic mass is 10.2. The van der Waals surface area contributed by atoms with Crippen LogP contribution in [0.1, 0.15) is 5.56 Å². The molecule has 0 spiro atoms. The zero-order valence-electron chi connectivity index (χ0n) is 12.9. The summed E-state index contributed by atoms with van der Waals surface area (Å²) < 4.78 is 3.16. The topological polar surface area (TPSA) is 49.9 Å². The Hall–Kier alpha value is -1.41. The van der Waals surface area contributed by atoms with Crippen LogP contribution in [0.2, 0.25) is 5.02 Å². The number of nitrogens with zero attached hydrogens (tertiary/aromatic N) is 3. The Bertz CT molecular complexity index is 1030. The van der Waals surface area contributed by atoms with E-state index < -0.39 is 0 Å². The summed E-state index contributed by atoms with van der Waals surface area (Å²) in [5.41, 5.74) is 2.40. The molecule has 0 radical (unpaired) electrons. The van der Waals surface area contributed by atoms with Gasteiger partial charge in [0.25, 0.3) is 0 Å². The van der Waals surface area contributed by atoms with Gasteiger partial charge >= 0.3 is 0 Å². The lowest BCUT2D eigenvalue weighted by molar-refractivity contribution is 0.471. The third kappa shape index (κ3) is 4.06. The molecule has 1 N–H and O–H groups in total. The van der Waals surface area contributed by atoms with Crippen LogP contribution in [-0.2, 0) is 0 Å². The smallest absolute Gasteiger partial charge is 0.205 e. The van der Waals surface area contributed by atoms with Crippen molar-refractivity contribution < 1.29 is 5.11 Å². The summed E-state index contributed by atoms with van der Waals surface area (Å²) in [6.07, 6.45) is 1.60. The summed E-state index contributed by atoms with van der Waals surface area (Å²) >= 11 is 14.3. The van der Waals surface area contributed by atoms with Crippen LogP contribution in [0.3, 0.4) is 0 Å². The number of phenolic OH excluding ortho intramolecular Hbond substituents is 1. The summed E-state index contributed by atoms with van der Waals surface area (Å²) in [5.74, 6) is 0.127. The van der Waals surface area contributed by atoms with E-state index in [-0.39, 0.29) is 5.75 Å². The van der Waals surface area contributed by atoms with E-state index in [9.17, 15) is 5.11 Å². The van der Waals surface area contributed by atoms with Gasteiger partial charge in [-0.15, -0.1) is 11.3 Å². The highest BCUT2D eigenvalue weighted by Gasteiger charge is 2.09. The maximum absolute atomic E-state index is 10.2. The van der Waals surface area contributed by atoms with Gasteiger partial charge in [-0.3, -0.25) is 4.99 Å². The second-order valence-electron chi connectivity index (χ2n) is 5.02. The quantitative estimate of drug-likeness (QED) is 0.473. The van der Waals surface area contributed by atoms with Crippen LogP contribution in [0.5, 0.6) is 5.75 Å². The fraction of sp³-hybridized carbons (Fsp3) is 0.0588. The highest BCUT2D eigenvalue weighted by atomic mass is 79.9. The number of hydrogen-bond acceptors (Lipinski definition) is 4. The van der Waals surface area contributed by atoms with Gasteiger partial charge in [0.15, 0.2) is 0 Å². The standard InChI is InChI=1S/C17H12Br2ClN3OS/c1-21-17-23(15(9-25-17)10-3-2-4-13(20)6-10)22-8-11-5-12(18)7-14(19)16(11)24/h2-9,24H,1H3. The lowest BCUT2D eigenvalue weighted by Crippen LogP contribution is -2.11. The Morgan fingerprint density at radius 3 is 2.76 bits per heavy atom. The molecule has 0 saturated heterocycles. The van der Waals surface area contributed by atoms with Crippen molar-refractivity contribution >= 4 is 61.0 Å². The van der Waals surface area contributed by atoms with Crippen LogP contribution < -0.4 is 4.80 Å². The number of aromatic nitrogens is 1. The van der Waals surface area contributed by atoms with Crippen molar-refractivity contribution in [1.82, 2.24) is 4.68 Å². The van der Waals surface area contributed by atoms with E-state index in [1.807, 2.05) is 29.6 Å². The largest absolute Gasteiger partial charge is 0.506 e. The average Bonchev–Trinajstić information content (AvgIpc) is 2.99. The van der Waals surface area contributed by atoms with E-state index in [1.165, 1.54) is 11.3 Å². The van der Waals surface area contributed by atoms with E-state index >= 15 is 0 Å². The highest BCUT2D eigenvalue weighted by Crippen LogP contribution is 2.31. The molecule has 1 heterocycles. The third-order valence-electron chi connectivity index (χ3n) is 3.37. The molecule has 4 nitrogen and oxygen atoms in total. The molecule has 0 aliphatic heterocycles. The summed E-state index contributed by atoms with van der Waals surface area (Å²) in [6.45, 7) is 0. The number of hydrogen-bond donors (Lipinski definition) is 1. The molecule has 1 aromatic heterocycles. The van der Waals surface area contributed by atoms with Crippen LogP contribution >= 0.6 is 54.8 Å². The average molecular weight is 502 g/mol. The second kappa shape index (κ2) is 7.86. The van der Waals surface area contributed by atoms with Gasteiger partial charge in [0.1, 0.15) is 5.75 Å². The van der Waals surface area contributed by atoms with Crippen molar-refractivity contribution in [1.29, 1.82) is 0 Å². The normalized spacial score (nSPS) is 12.2. The van der Waals surface area contributed by atoms with E-state index in [4.69, 9.17) is 11.6 Å². The number of rotatable bonds is 3. The van der Waals surface area contributed by atoms with Crippen molar-refractivity contribution in [3.8, 4) is 17.0 Å². The molecule has 0 atom stereocenters. The third-order valence-corrected chi connectivity index (χ3v) is 5.57. The Morgan fingerprint density at radius 1 is 1.24 bits per heavy atom. The van der Waals surface area contributed by atoms with Crippen LogP contribution in [-0.4, -0.2) is 23.0 Å². The Morgan fingerprint density at radius 2 is 2.04 bits per heavy atom. The highest BCUT2D eigenvalue weighted by molar-refractivity contribution is 9.11. The van der Waals surface area contributed by atoms with Gasteiger partial charge < -0.3 is 5.11 Å². The van der Waals surface area contributed by atoms with Crippen LogP contribution in [0.15, 0.2) is 60.8 Å². The molecule has 0 saturated carbocycles. The molecule has 8 heteroatoms. The molecule has 0 bridgehead atoms. The van der Waals surface area contributed by atoms with Gasteiger partial charge in [0.2, 0.25) is 4.80 Å². The Labute approximate surface area is 170 Å². The predicted octanol–water partition coefficient (Wildman–Crippen LogP) is 5.51.